The van der Waals surface area contributed by atoms with Crippen molar-refractivity contribution >= 4 is 24.8 Å². The van der Waals surface area contributed by atoms with E-state index in [0.29, 0.717) is 0 Å². The third kappa shape index (κ3) is 4.81. The highest BCUT2D eigenvalue weighted by Gasteiger charge is 2.30. The lowest BCUT2D eigenvalue weighted by Gasteiger charge is -2.33. The van der Waals surface area contributed by atoms with Gasteiger partial charge >= 0.3 is 6.18 Å². The smallest absolute Gasteiger partial charge is 0.314 e. The van der Waals surface area contributed by atoms with Crippen LogP contribution in [0.3, 0.4) is 0 Å². The Morgan fingerprint density at radius 1 is 1.05 bits per heavy atom. The summed E-state index contributed by atoms with van der Waals surface area (Å²) in [6.07, 6.45) is -4.25. The molecule has 1 aromatic rings. The molecule has 1 atom stereocenters. The van der Waals surface area contributed by atoms with Crippen molar-refractivity contribution in [2.24, 2.45) is 0 Å². The first-order valence-electron chi connectivity index (χ1n) is 6.10. The monoisotopic (exact) mass is 330 g/mol. The van der Waals surface area contributed by atoms with E-state index >= 15 is 0 Å². The van der Waals surface area contributed by atoms with E-state index in [1.54, 1.807) is 12.1 Å². The fourth-order valence-corrected chi connectivity index (χ4v) is 2.23. The Labute approximate surface area is 129 Å². The standard InChI is InChI=1S/C13H17F3N2.2ClH/c1-10(18-8-6-17-7-9-18)11-2-4-12(5-3-11)13(14,15)16;;/h2-5,10,17H,6-9H2,1H3;2*1H/t10-;;/m0../s1. The molecular weight excluding hydrogens is 312 g/mol. The summed E-state index contributed by atoms with van der Waals surface area (Å²) < 4.78 is 37.4. The van der Waals surface area contributed by atoms with Gasteiger partial charge in [-0.05, 0) is 24.6 Å². The van der Waals surface area contributed by atoms with Gasteiger partial charge in [0.25, 0.3) is 0 Å². The van der Waals surface area contributed by atoms with E-state index in [1.807, 2.05) is 6.92 Å². The fraction of sp³-hybridized carbons (Fsp3) is 0.538. The molecule has 0 radical (unpaired) electrons. The highest BCUT2D eigenvalue weighted by Crippen LogP contribution is 2.30. The second-order valence-corrected chi connectivity index (χ2v) is 4.58. The van der Waals surface area contributed by atoms with Crippen LogP contribution in [0.4, 0.5) is 13.2 Å². The fourth-order valence-electron chi connectivity index (χ4n) is 2.23. The first-order chi connectivity index (χ1) is 8.48. The van der Waals surface area contributed by atoms with Crippen molar-refractivity contribution in [3.8, 4) is 0 Å². The Kier molecular flexibility index (Phi) is 7.88. The van der Waals surface area contributed by atoms with Crippen molar-refractivity contribution in [3.63, 3.8) is 0 Å². The van der Waals surface area contributed by atoms with Crippen LogP contribution < -0.4 is 5.32 Å². The van der Waals surface area contributed by atoms with Crippen LogP contribution in [0.2, 0.25) is 0 Å². The molecule has 0 saturated carbocycles. The van der Waals surface area contributed by atoms with E-state index in [4.69, 9.17) is 0 Å². The van der Waals surface area contributed by atoms with Crippen LogP contribution in [-0.4, -0.2) is 31.1 Å². The van der Waals surface area contributed by atoms with E-state index in [9.17, 15) is 13.2 Å². The maximum Gasteiger partial charge on any atom is 0.416 e. The zero-order chi connectivity index (χ0) is 13.2. The molecule has 1 heterocycles. The molecule has 1 N–H and O–H groups in total. The summed E-state index contributed by atoms with van der Waals surface area (Å²) in [4.78, 5) is 2.28. The number of hydrogen-bond acceptors (Lipinski definition) is 2. The molecule has 2 rings (SSSR count). The summed E-state index contributed by atoms with van der Waals surface area (Å²) in [7, 11) is 0. The topological polar surface area (TPSA) is 15.3 Å². The van der Waals surface area contributed by atoms with Gasteiger partial charge in [0, 0.05) is 32.2 Å². The molecule has 7 heteroatoms. The van der Waals surface area contributed by atoms with Crippen molar-refractivity contribution in [1.82, 2.24) is 10.2 Å². The lowest BCUT2D eigenvalue weighted by Crippen LogP contribution is -2.44. The Balaban J connectivity index is 0.00000180. The second-order valence-electron chi connectivity index (χ2n) is 4.58. The molecule has 20 heavy (non-hydrogen) atoms. The Morgan fingerprint density at radius 2 is 1.55 bits per heavy atom. The van der Waals surface area contributed by atoms with Crippen molar-refractivity contribution in [3.05, 3.63) is 35.4 Å². The van der Waals surface area contributed by atoms with Crippen LogP contribution in [0.1, 0.15) is 24.1 Å². The number of hydrogen-bond donors (Lipinski definition) is 1. The molecule has 0 spiro atoms. The summed E-state index contributed by atoms with van der Waals surface area (Å²) in [6, 6.07) is 5.64. The Hall–Kier alpha value is -0.490. The Bertz CT molecular complexity index is 390. The molecule has 116 valence electrons. The van der Waals surface area contributed by atoms with Crippen LogP contribution in [0.5, 0.6) is 0 Å². The minimum atomic E-state index is -4.25. The molecule has 1 aliphatic rings. The summed E-state index contributed by atoms with van der Waals surface area (Å²) in [5, 5.41) is 3.26. The summed E-state index contributed by atoms with van der Waals surface area (Å²) >= 11 is 0. The third-order valence-corrected chi connectivity index (χ3v) is 3.42. The average molecular weight is 331 g/mol. The molecule has 1 fully saturated rings. The van der Waals surface area contributed by atoms with Gasteiger partial charge in [-0.15, -0.1) is 24.8 Å². The van der Waals surface area contributed by atoms with Crippen LogP contribution in [-0.2, 0) is 6.18 Å². The van der Waals surface area contributed by atoms with Gasteiger partial charge in [-0.2, -0.15) is 13.2 Å². The number of rotatable bonds is 2. The SMILES string of the molecule is C[C@@H](c1ccc(C(F)(F)F)cc1)N1CCNCC1.Cl.Cl. The van der Waals surface area contributed by atoms with Gasteiger partial charge in [0.05, 0.1) is 5.56 Å². The van der Waals surface area contributed by atoms with E-state index in [1.165, 1.54) is 0 Å². The summed E-state index contributed by atoms with van der Waals surface area (Å²) in [6.45, 7) is 5.77. The second kappa shape index (κ2) is 8.08. The van der Waals surface area contributed by atoms with Crippen LogP contribution >= 0.6 is 24.8 Å². The Morgan fingerprint density at radius 3 is 2.00 bits per heavy atom. The highest BCUT2D eigenvalue weighted by atomic mass is 35.5. The number of alkyl halides is 3. The maximum atomic E-state index is 12.5. The van der Waals surface area contributed by atoms with Crippen LogP contribution in [0, 0.1) is 0 Å². The number of halogens is 5. The van der Waals surface area contributed by atoms with Crippen molar-refractivity contribution in [2.75, 3.05) is 26.2 Å². The molecule has 2 nitrogen and oxygen atoms in total. The molecular formula is C13H19Cl2F3N2. The molecule has 0 aromatic heterocycles. The van der Waals surface area contributed by atoms with E-state index in [-0.39, 0.29) is 30.9 Å². The lowest BCUT2D eigenvalue weighted by molar-refractivity contribution is -0.137. The molecule has 0 bridgehead atoms. The average Bonchev–Trinajstić information content (AvgIpc) is 2.38. The molecule has 0 amide bonds. The zero-order valence-electron chi connectivity index (χ0n) is 11.1. The molecule has 0 unspecified atom stereocenters. The number of nitrogens with one attached hydrogen (secondary N) is 1. The third-order valence-electron chi connectivity index (χ3n) is 3.42. The zero-order valence-corrected chi connectivity index (χ0v) is 12.7. The van der Waals surface area contributed by atoms with Crippen molar-refractivity contribution < 1.29 is 13.2 Å². The van der Waals surface area contributed by atoms with Gasteiger partial charge < -0.3 is 5.32 Å². The normalized spacial score (nSPS) is 17.8. The molecule has 1 saturated heterocycles. The van der Waals surface area contributed by atoms with Gasteiger partial charge in [-0.1, -0.05) is 12.1 Å². The van der Waals surface area contributed by atoms with Gasteiger partial charge in [-0.3, -0.25) is 4.90 Å². The predicted octanol–water partition coefficient (Wildman–Crippen LogP) is 3.52. The summed E-state index contributed by atoms with van der Waals surface area (Å²) in [5.74, 6) is 0. The van der Waals surface area contributed by atoms with E-state index in [0.717, 1.165) is 43.9 Å². The minimum absolute atomic E-state index is 0. The van der Waals surface area contributed by atoms with Crippen molar-refractivity contribution in [2.45, 2.75) is 19.1 Å². The molecule has 1 aliphatic heterocycles. The maximum absolute atomic E-state index is 12.5. The predicted molar refractivity (Wildman–Crippen MR) is 78.8 cm³/mol. The minimum Gasteiger partial charge on any atom is -0.314 e. The van der Waals surface area contributed by atoms with Gasteiger partial charge in [0.1, 0.15) is 0 Å². The number of benzene rings is 1. The first-order valence-corrected chi connectivity index (χ1v) is 6.10. The first kappa shape index (κ1) is 19.5. The van der Waals surface area contributed by atoms with Crippen LogP contribution in [0.25, 0.3) is 0 Å². The lowest BCUT2D eigenvalue weighted by atomic mass is 10.0. The molecule has 0 aliphatic carbocycles. The largest absolute Gasteiger partial charge is 0.416 e. The van der Waals surface area contributed by atoms with Gasteiger partial charge in [0.2, 0.25) is 0 Å². The number of nitrogens with zero attached hydrogens (tertiary/aromatic N) is 1. The van der Waals surface area contributed by atoms with E-state index < -0.39 is 11.7 Å². The number of piperazine rings is 1. The van der Waals surface area contributed by atoms with Gasteiger partial charge in [0.15, 0.2) is 0 Å². The van der Waals surface area contributed by atoms with Crippen molar-refractivity contribution in [1.29, 1.82) is 0 Å². The quantitative estimate of drug-likeness (QED) is 0.892. The molecule has 1 aromatic carbocycles. The van der Waals surface area contributed by atoms with E-state index in [2.05, 4.69) is 10.2 Å². The highest BCUT2D eigenvalue weighted by molar-refractivity contribution is 5.85. The van der Waals surface area contributed by atoms with Gasteiger partial charge in [-0.25, -0.2) is 0 Å². The summed E-state index contributed by atoms with van der Waals surface area (Å²) in [5.41, 5.74) is 0.351. The van der Waals surface area contributed by atoms with Crippen LogP contribution in [0.15, 0.2) is 24.3 Å².